The Balaban J connectivity index is 1.95. The Hall–Kier alpha value is -1.82. The van der Waals surface area contributed by atoms with Crippen molar-refractivity contribution in [3.05, 3.63) is 24.2 Å². The lowest BCUT2D eigenvalue weighted by molar-refractivity contribution is -0.128. The number of carbonyl (C=O) groups is 2. The predicted octanol–water partition coefficient (Wildman–Crippen LogP) is 1.59. The average molecular weight is 321 g/mol. The lowest BCUT2D eigenvalue weighted by Gasteiger charge is -2.34. The summed E-state index contributed by atoms with van der Waals surface area (Å²) in [5.41, 5.74) is 0.0957. The van der Waals surface area contributed by atoms with E-state index in [1.807, 2.05) is 7.05 Å². The molecule has 0 saturated heterocycles. The summed E-state index contributed by atoms with van der Waals surface area (Å²) in [7, 11) is 5.39. The Kier molecular flexibility index (Phi) is 5.46. The molecule has 0 bridgehead atoms. The zero-order valence-electron chi connectivity index (χ0n) is 14.5. The number of amides is 2. The Bertz CT molecular complexity index is 537. The van der Waals surface area contributed by atoms with Crippen LogP contribution in [0.2, 0.25) is 0 Å². The molecule has 1 aromatic heterocycles. The van der Waals surface area contributed by atoms with Crippen LogP contribution in [0.5, 0.6) is 0 Å². The van der Waals surface area contributed by atoms with E-state index < -0.39 is 0 Å². The summed E-state index contributed by atoms with van der Waals surface area (Å²) < 4.78 is 5.14. The highest BCUT2D eigenvalue weighted by Crippen LogP contribution is 2.53. The van der Waals surface area contributed by atoms with E-state index in [4.69, 9.17) is 4.42 Å². The molecule has 1 aromatic rings. The third-order valence-corrected chi connectivity index (χ3v) is 4.98. The Labute approximate surface area is 137 Å². The van der Waals surface area contributed by atoms with Gasteiger partial charge in [0.2, 0.25) is 5.91 Å². The zero-order valence-corrected chi connectivity index (χ0v) is 14.5. The van der Waals surface area contributed by atoms with E-state index in [1.54, 1.807) is 31.1 Å². The molecule has 1 atom stereocenters. The summed E-state index contributed by atoms with van der Waals surface area (Å²) in [5, 5.41) is 2.78. The molecule has 1 aliphatic rings. The third kappa shape index (κ3) is 3.75. The van der Waals surface area contributed by atoms with Crippen molar-refractivity contribution in [3.8, 4) is 0 Å². The standard InChI is InChI=1S/C17H27N3O3/c1-5-17(8-9-17)14(15(21)18-2)19(3)10-11-20(4)16(22)13-7-6-12-23-13/h6-7,12,14H,5,8-11H2,1-4H3,(H,18,21). The average Bonchev–Trinajstić information content (AvgIpc) is 3.14. The van der Waals surface area contributed by atoms with Gasteiger partial charge in [-0.25, -0.2) is 0 Å². The maximum atomic E-state index is 12.3. The molecule has 1 unspecified atom stereocenters. The lowest BCUT2D eigenvalue weighted by Crippen LogP contribution is -2.51. The molecule has 0 radical (unpaired) electrons. The van der Waals surface area contributed by atoms with Crippen LogP contribution in [0, 0.1) is 5.41 Å². The van der Waals surface area contributed by atoms with E-state index in [9.17, 15) is 9.59 Å². The van der Waals surface area contributed by atoms with Gasteiger partial charge in [-0.2, -0.15) is 0 Å². The minimum absolute atomic E-state index is 0.0619. The molecule has 0 aromatic carbocycles. The van der Waals surface area contributed by atoms with Crippen LogP contribution in [0.1, 0.15) is 36.7 Å². The largest absolute Gasteiger partial charge is 0.459 e. The van der Waals surface area contributed by atoms with Gasteiger partial charge in [0.25, 0.3) is 5.91 Å². The summed E-state index contributed by atoms with van der Waals surface area (Å²) in [4.78, 5) is 28.2. The Morgan fingerprint density at radius 1 is 1.35 bits per heavy atom. The van der Waals surface area contributed by atoms with E-state index in [0.29, 0.717) is 18.8 Å². The molecule has 2 rings (SSSR count). The van der Waals surface area contributed by atoms with Crippen molar-refractivity contribution in [1.82, 2.24) is 15.1 Å². The van der Waals surface area contributed by atoms with Crippen molar-refractivity contribution in [1.29, 1.82) is 0 Å². The molecule has 1 fully saturated rings. The summed E-state index contributed by atoms with van der Waals surface area (Å²) in [6.45, 7) is 3.33. The van der Waals surface area contributed by atoms with E-state index >= 15 is 0 Å². The molecule has 1 saturated carbocycles. The van der Waals surface area contributed by atoms with Crippen molar-refractivity contribution in [2.24, 2.45) is 5.41 Å². The first kappa shape index (κ1) is 17.5. The van der Waals surface area contributed by atoms with Crippen molar-refractivity contribution in [3.63, 3.8) is 0 Å². The highest BCUT2D eigenvalue weighted by atomic mass is 16.3. The molecule has 6 nitrogen and oxygen atoms in total. The second-order valence-corrected chi connectivity index (χ2v) is 6.42. The van der Waals surface area contributed by atoms with E-state index in [0.717, 1.165) is 19.3 Å². The SMILES string of the molecule is CCC1(C(C(=O)NC)N(C)CCN(C)C(=O)c2ccco2)CC1. The summed E-state index contributed by atoms with van der Waals surface area (Å²) in [6, 6.07) is 3.23. The van der Waals surface area contributed by atoms with Gasteiger partial charge in [0, 0.05) is 27.2 Å². The number of likely N-dealkylation sites (N-methyl/N-ethyl adjacent to an activating group) is 3. The summed E-state index contributed by atoms with van der Waals surface area (Å²) in [5.74, 6) is 0.258. The van der Waals surface area contributed by atoms with Crippen LogP contribution in [0.4, 0.5) is 0 Å². The van der Waals surface area contributed by atoms with Crippen LogP contribution in [0.15, 0.2) is 22.8 Å². The lowest BCUT2D eigenvalue weighted by atomic mass is 9.91. The summed E-state index contributed by atoms with van der Waals surface area (Å²) >= 11 is 0. The molecular weight excluding hydrogens is 294 g/mol. The number of rotatable bonds is 8. The fourth-order valence-corrected chi connectivity index (χ4v) is 3.19. The van der Waals surface area contributed by atoms with Gasteiger partial charge in [0.05, 0.1) is 12.3 Å². The first-order valence-corrected chi connectivity index (χ1v) is 8.16. The number of hydrogen-bond acceptors (Lipinski definition) is 4. The van der Waals surface area contributed by atoms with Gasteiger partial charge in [-0.05, 0) is 43.9 Å². The molecule has 1 aliphatic carbocycles. The van der Waals surface area contributed by atoms with E-state index in [1.165, 1.54) is 6.26 Å². The number of nitrogens with one attached hydrogen (secondary N) is 1. The molecule has 6 heteroatoms. The summed E-state index contributed by atoms with van der Waals surface area (Å²) in [6.07, 6.45) is 4.67. The van der Waals surface area contributed by atoms with Crippen molar-refractivity contribution >= 4 is 11.8 Å². The fraction of sp³-hybridized carbons (Fsp3) is 0.647. The smallest absolute Gasteiger partial charge is 0.289 e. The maximum absolute atomic E-state index is 12.3. The van der Waals surface area contributed by atoms with Crippen LogP contribution in [0.3, 0.4) is 0 Å². The van der Waals surface area contributed by atoms with E-state index in [-0.39, 0.29) is 23.3 Å². The maximum Gasteiger partial charge on any atom is 0.289 e. The first-order chi connectivity index (χ1) is 10.9. The predicted molar refractivity (Wildman–Crippen MR) is 88.1 cm³/mol. The molecule has 0 spiro atoms. The van der Waals surface area contributed by atoms with Crippen molar-refractivity contribution < 1.29 is 14.0 Å². The number of furan rings is 1. The van der Waals surface area contributed by atoms with Gasteiger partial charge in [-0.3, -0.25) is 14.5 Å². The highest BCUT2D eigenvalue weighted by Gasteiger charge is 2.52. The van der Waals surface area contributed by atoms with Crippen LogP contribution in [0.25, 0.3) is 0 Å². The van der Waals surface area contributed by atoms with Crippen molar-refractivity contribution in [2.75, 3.05) is 34.2 Å². The molecular formula is C17H27N3O3. The molecule has 23 heavy (non-hydrogen) atoms. The fourth-order valence-electron chi connectivity index (χ4n) is 3.19. The molecule has 128 valence electrons. The van der Waals surface area contributed by atoms with Crippen LogP contribution in [-0.2, 0) is 4.79 Å². The minimum atomic E-state index is -0.142. The number of hydrogen-bond donors (Lipinski definition) is 1. The van der Waals surface area contributed by atoms with E-state index in [2.05, 4.69) is 17.1 Å². The van der Waals surface area contributed by atoms with Gasteiger partial charge in [0.1, 0.15) is 0 Å². The topological polar surface area (TPSA) is 65.8 Å². The van der Waals surface area contributed by atoms with Gasteiger partial charge in [-0.1, -0.05) is 6.92 Å². The first-order valence-electron chi connectivity index (χ1n) is 8.16. The van der Waals surface area contributed by atoms with Crippen LogP contribution >= 0.6 is 0 Å². The Morgan fingerprint density at radius 3 is 2.52 bits per heavy atom. The van der Waals surface area contributed by atoms with Gasteiger partial charge in [-0.15, -0.1) is 0 Å². The normalized spacial score (nSPS) is 16.9. The molecule has 2 amide bonds. The third-order valence-electron chi connectivity index (χ3n) is 4.98. The zero-order chi connectivity index (χ0) is 17.0. The number of carbonyl (C=O) groups excluding carboxylic acids is 2. The van der Waals surface area contributed by atoms with Gasteiger partial charge >= 0.3 is 0 Å². The second-order valence-electron chi connectivity index (χ2n) is 6.42. The quantitative estimate of drug-likeness (QED) is 0.789. The monoisotopic (exact) mass is 321 g/mol. The Morgan fingerprint density at radius 2 is 2.04 bits per heavy atom. The minimum Gasteiger partial charge on any atom is -0.459 e. The van der Waals surface area contributed by atoms with Gasteiger partial charge in [0.15, 0.2) is 5.76 Å². The van der Waals surface area contributed by atoms with Crippen LogP contribution < -0.4 is 5.32 Å². The van der Waals surface area contributed by atoms with Crippen molar-refractivity contribution in [2.45, 2.75) is 32.2 Å². The van der Waals surface area contributed by atoms with Gasteiger partial charge < -0.3 is 14.6 Å². The molecule has 0 aliphatic heterocycles. The molecule has 1 heterocycles. The number of nitrogens with zero attached hydrogens (tertiary/aromatic N) is 2. The molecule has 1 N–H and O–H groups in total. The second kappa shape index (κ2) is 7.17. The van der Waals surface area contributed by atoms with Crippen LogP contribution in [-0.4, -0.2) is 61.9 Å². The highest BCUT2D eigenvalue weighted by molar-refractivity contribution is 5.91.